The van der Waals surface area contributed by atoms with E-state index < -0.39 is 21.3 Å². The fourth-order valence-electron chi connectivity index (χ4n) is 1.28. The summed E-state index contributed by atoms with van der Waals surface area (Å²) in [7, 11) is -1.60. The van der Waals surface area contributed by atoms with E-state index in [1.54, 1.807) is 33.0 Å². The predicted molar refractivity (Wildman–Crippen MR) is 62.8 cm³/mol. The second-order valence-corrected chi connectivity index (χ2v) is 6.36. The molecule has 1 aromatic carbocycles. The van der Waals surface area contributed by atoms with Crippen LogP contribution in [0.25, 0.3) is 0 Å². The van der Waals surface area contributed by atoms with Crippen molar-refractivity contribution in [1.29, 1.82) is 0 Å². The van der Waals surface area contributed by atoms with Crippen LogP contribution in [0.5, 0.6) is 0 Å². The van der Waals surface area contributed by atoms with E-state index in [2.05, 4.69) is 5.32 Å². The van der Waals surface area contributed by atoms with Gasteiger partial charge >= 0.3 is 0 Å². The molecule has 0 aliphatic rings. The van der Waals surface area contributed by atoms with Gasteiger partial charge in [-0.3, -0.25) is 5.32 Å². The zero-order valence-corrected chi connectivity index (χ0v) is 10.5. The molecule has 90 valence electrons. The van der Waals surface area contributed by atoms with E-state index >= 15 is 0 Å². The first-order chi connectivity index (χ1) is 7.39. The molecule has 4 nitrogen and oxygen atoms in total. The smallest absolute Gasteiger partial charge is 0.180 e. The lowest BCUT2D eigenvalue weighted by Crippen LogP contribution is -2.16. The molecule has 0 saturated heterocycles. The first-order valence-corrected chi connectivity index (χ1v) is 6.63. The van der Waals surface area contributed by atoms with Crippen LogP contribution < -0.4 is 5.32 Å². The maximum Gasteiger partial charge on any atom is 0.180 e. The lowest BCUT2D eigenvalue weighted by atomic mass is 10.2. The lowest BCUT2D eigenvalue weighted by Gasteiger charge is -2.11. The molecule has 16 heavy (non-hydrogen) atoms. The molecule has 0 saturated carbocycles. The van der Waals surface area contributed by atoms with Gasteiger partial charge in [0, 0.05) is 0 Å². The Morgan fingerprint density at radius 1 is 1.19 bits per heavy atom. The summed E-state index contributed by atoms with van der Waals surface area (Å²) in [5.74, 6) is 0. The summed E-state index contributed by atoms with van der Waals surface area (Å²) < 4.78 is 23.6. The van der Waals surface area contributed by atoms with Gasteiger partial charge in [0.25, 0.3) is 0 Å². The molecule has 5 heteroatoms. The van der Waals surface area contributed by atoms with Crippen molar-refractivity contribution in [2.24, 2.45) is 0 Å². The SMILES string of the molecule is CNC(O)c1ccc(S(=O)(=O)C(C)C)cc1. The summed E-state index contributed by atoms with van der Waals surface area (Å²) >= 11 is 0. The molecule has 2 N–H and O–H groups in total. The average Bonchev–Trinajstić information content (AvgIpc) is 2.28. The van der Waals surface area contributed by atoms with Crippen LogP contribution in [-0.4, -0.2) is 25.8 Å². The minimum absolute atomic E-state index is 0.287. The van der Waals surface area contributed by atoms with Gasteiger partial charge in [-0.25, -0.2) is 8.42 Å². The second-order valence-electron chi connectivity index (χ2n) is 3.85. The number of hydrogen-bond acceptors (Lipinski definition) is 4. The van der Waals surface area contributed by atoms with E-state index in [1.807, 2.05) is 0 Å². The van der Waals surface area contributed by atoms with Crippen molar-refractivity contribution in [2.45, 2.75) is 30.2 Å². The van der Waals surface area contributed by atoms with Gasteiger partial charge in [-0.05, 0) is 38.6 Å². The van der Waals surface area contributed by atoms with Crippen molar-refractivity contribution in [3.63, 3.8) is 0 Å². The first kappa shape index (κ1) is 13.2. The van der Waals surface area contributed by atoms with Crippen molar-refractivity contribution >= 4 is 9.84 Å². The molecule has 0 bridgehead atoms. The van der Waals surface area contributed by atoms with Crippen molar-refractivity contribution < 1.29 is 13.5 Å². The fraction of sp³-hybridized carbons (Fsp3) is 0.455. The number of nitrogens with one attached hydrogen (secondary N) is 1. The molecule has 0 aromatic heterocycles. The van der Waals surface area contributed by atoms with Crippen molar-refractivity contribution in [3.8, 4) is 0 Å². The van der Waals surface area contributed by atoms with Crippen LogP contribution in [0, 0.1) is 0 Å². The maximum absolute atomic E-state index is 11.8. The van der Waals surface area contributed by atoms with E-state index in [4.69, 9.17) is 0 Å². The molecule has 0 fully saturated rings. The predicted octanol–water partition coefficient (Wildman–Crippen LogP) is 1.08. The minimum Gasteiger partial charge on any atom is -0.374 e. The summed E-state index contributed by atoms with van der Waals surface area (Å²) in [6.07, 6.45) is -0.768. The third-order valence-electron chi connectivity index (χ3n) is 2.42. The zero-order chi connectivity index (χ0) is 12.3. The monoisotopic (exact) mass is 243 g/mol. The minimum atomic E-state index is -3.23. The third-order valence-corrected chi connectivity index (χ3v) is 4.59. The highest BCUT2D eigenvalue weighted by molar-refractivity contribution is 7.92. The summed E-state index contributed by atoms with van der Waals surface area (Å²) in [4.78, 5) is 0.287. The summed E-state index contributed by atoms with van der Waals surface area (Å²) in [5, 5.41) is 11.7. The molecule has 1 unspecified atom stereocenters. The summed E-state index contributed by atoms with van der Waals surface area (Å²) in [5.41, 5.74) is 0.644. The molecular formula is C11H17NO3S. The van der Waals surface area contributed by atoms with E-state index in [9.17, 15) is 13.5 Å². The first-order valence-electron chi connectivity index (χ1n) is 5.08. The van der Waals surface area contributed by atoms with Crippen LogP contribution in [0.1, 0.15) is 25.6 Å². The van der Waals surface area contributed by atoms with Gasteiger partial charge in [-0.15, -0.1) is 0 Å². The number of aliphatic hydroxyl groups excluding tert-OH is 1. The Hall–Kier alpha value is -0.910. The largest absolute Gasteiger partial charge is 0.374 e. The van der Waals surface area contributed by atoms with E-state index in [0.29, 0.717) is 5.56 Å². The quantitative estimate of drug-likeness (QED) is 0.777. The number of hydrogen-bond donors (Lipinski definition) is 2. The van der Waals surface area contributed by atoms with Gasteiger partial charge in [0.05, 0.1) is 10.1 Å². The molecule has 1 aromatic rings. The molecular weight excluding hydrogens is 226 g/mol. The number of benzene rings is 1. The van der Waals surface area contributed by atoms with Gasteiger partial charge in [-0.1, -0.05) is 12.1 Å². The lowest BCUT2D eigenvalue weighted by molar-refractivity contribution is 0.149. The van der Waals surface area contributed by atoms with E-state index in [1.165, 1.54) is 12.1 Å². The Balaban J connectivity index is 3.05. The Morgan fingerprint density at radius 3 is 2.06 bits per heavy atom. The molecule has 0 radical (unpaired) electrons. The number of aliphatic hydroxyl groups is 1. The van der Waals surface area contributed by atoms with Crippen LogP contribution in [0.2, 0.25) is 0 Å². The molecule has 0 aliphatic heterocycles. The normalized spacial score (nSPS) is 14.1. The topological polar surface area (TPSA) is 66.4 Å². The van der Waals surface area contributed by atoms with Gasteiger partial charge in [-0.2, -0.15) is 0 Å². The van der Waals surface area contributed by atoms with Crippen molar-refractivity contribution in [1.82, 2.24) is 5.32 Å². The van der Waals surface area contributed by atoms with Crippen LogP contribution >= 0.6 is 0 Å². The summed E-state index contributed by atoms with van der Waals surface area (Å²) in [6.45, 7) is 3.29. The van der Waals surface area contributed by atoms with Crippen LogP contribution in [0.3, 0.4) is 0 Å². The highest BCUT2D eigenvalue weighted by atomic mass is 32.2. The van der Waals surface area contributed by atoms with E-state index in [0.717, 1.165) is 0 Å². The average molecular weight is 243 g/mol. The Morgan fingerprint density at radius 2 is 1.69 bits per heavy atom. The fourth-order valence-corrected chi connectivity index (χ4v) is 2.34. The molecule has 0 aliphatic carbocycles. The van der Waals surface area contributed by atoms with Crippen molar-refractivity contribution in [3.05, 3.63) is 29.8 Å². The highest BCUT2D eigenvalue weighted by Crippen LogP contribution is 2.18. The third kappa shape index (κ3) is 2.61. The maximum atomic E-state index is 11.8. The molecule has 1 rings (SSSR count). The van der Waals surface area contributed by atoms with Gasteiger partial charge in [0.2, 0.25) is 0 Å². The van der Waals surface area contributed by atoms with E-state index in [-0.39, 0.29) is 4.90 Å². The van der Waals surface area contributed by atoms with Gasteiger partial charge in [0.15, 0.2) is 9.84 Å². The van der Waals surface area contributed by atoms with Crippen LogP contribution in [0.15, 0.2) is 29.2 Å². The molecule has 0 amide bonds. The van der Waals surface area contributed by atoms with Crippen molar-refractivity contribution in [2.75, 3.05) is 7.05 Å². The summed E-state index contributed by atoms with van der Waals surface area (Å²) in [6, 6.07) is 6.25. The van der Waals surface area contributed by atoms with Gasteiger partial charge in [0.1, 0.15) is 6.23 Å². The molecule has 0 heterocycles. The second kappa shape index (κ2) is 4.95. The van der Waals surface area contributed by atoms with Crippen LogP contribution in [0.4, 0.5) is 0 Å². The van der Waals surface area contributed by atoms with Crippen LogP contribution in [-0.2, 0) is 9.84 Å². The Bertz CT molecular complexity index is 437. The number of rotatable bonds is 4. The highest BCUT2D eigenvalue weighted by Gasteiger charge is 2.19. The Kier molecular flexibility index (Phi) is 4.07. The number of sulfone groups is 1. The van der Waals surface area contributed by atoms with Gasteiger partial charge < -0.3 is 5.11 Å². The molecule has 0 spiro atoms. The zero-order valence-electron chi connectivity index (χ0n) is 9.64. The standard InChI is InChI=1S/C11H17NO3S/c1-8(2)16(14,15)10-6-4-9(5-7-10)11(13)12-3/h4-8,11-13H,1-3H3. The Labute approximate surface area is 96.2 Å². The molecule has 1 atom stereocenters.